The van der Waals surface area contributed by atoms with Crippen LogP contribution in [0.3, 0.4) is 0 Å². The number of ether oxygens (including phenoxy) is 1. The minimum atomic E-state index is -0.503. The lowest BCUT2D eigenvalue weighted by molar-refractivity contribution is -0.522. The maximum atomic E-state index is 10.7. The van der Waals surface area contributed by atoms with Crippen LogP contribution in [0.5, 0.6) is 5.75 Å². The molecule has 0 amide bonds. The Balaban J connectivity index is 2.74. The van der Waals surface area contributed by atoms with Crippen LogP contribution in [-0.4, -0.2) is 18.1 Å². The van der Waals surface area contributed by atoms with E-state index in [1.54, 1.807) is 7.11 Å². The van der Waals surface area contributed by atoms with E-state index in [-0.39, 0.29) is 4.92 Å². The summed E-state index contributed by atoms with van der Waals surface area (Å²) in [5.41, 5.74) is 0.943. The normalized spacial score (nSPS) is 12.1. The number of nitro groups is 1. The van der Waals surface area contributed by atoms with Gasteiger partial charge in [0.1, 0.15) is 5.75 Å². The van der Waals surface area contributed by atoms with E-state index in [0.29, 0.717) is 12.8 Å². The molecule has 0 aliphatic heterocycles. The van der Waals surface area contributed by atoms with Gasteiger partial charge in [0.15, 0.2) is 0 Å². The molecule has 0 fully saturated rings. The van der Waals surface area contributed by atoms with Crippen LogP contribution < -0.4 is 4.74 Å². The van der Waals surface area contributed by atoms with Crippen molar-refractivity contribution in [1.82, 2.24) is 0 Å². The van der Waals surface area contributed by atoms with Crippen LogP contribution in [0, 0.1) is 10.1 Å². The Morgan fingerprint density at radius 2 is 2.27 bits per heavy atom. The maximum Gasteiger partial charge on any atom is 0.216 e. The molecular weight excluding hydrogens is 194 g/mol. The number of nitrogens with zero attached hydrogens (tertiary/aromatic N) is 1. The van der Waals surface area contributed by atoms with Gasteiger partial charge in [0.2, 0.25) is 6.04 Å². The highest BCUT2D eigenvalue weighted by molar-refractivity contribution is 5.28. The first kappa shape index (κ1) is 11.5. The summed E-state index contributed by atoms with van der Waals surface area (Å²) < 4.78 is 5.06. The van der Waals surface area contributed by atoms with Gasteiger partial charge in [-0.3, -0.25) is 10.1 Å². The lowest BCUT2D eigenvalue weighted by atomic mass is 10.0. The fourth-order valence-corrected chi connectivity index (χ4v) is 1.44. The second kappa shape index (κ2) is 5.34. The maximum absolute atomic E-state index is 10.7. The summed E-state index contributed by atoms with van der Waals surface area (Å²) in [7, 11) is 1.59. The Kier molecular flexibility index (Phi) is 4.09. The second-order valence-corrected chi connectivity index (χ2v) is 3.40. The Hall–Kier alpha value is -1.58. The first-order chi connectivity index (χ1) is 7.17. The van der Waals surface area contributed by atoms with Crippen LogP contribution in [0.15, 0.2) is 24.3 Å². The van der Waals surface area contributed by atoms with E-state index in [1.807, 2.05) is 31.2 Å². The number of hydrogen-bond donors (Lipinski definition) is 0. The molecule has 1 aromatic carbocycles. The highest BCUT2D eigenvalue weighted by atomic mass is 16.6. The first-order valence-electron chi connectivity index (χ1n) is 4.93. The fourth-order valence-electron chi connectivity index (χ4n) is 1.44. The van der Waals surface area contributed by atoms with E-state index in [1.165, 1.54) is 0 Å². The molecule has 82 valence electrons. The molecule has 15 heavy (non-hydrogen) atoms. The van der Waals surface area contributed by atoms with Gasteiger partial charge in [0.25, 0.3) is 0 Å². The predicted octanol–water partition coefficient (Wildman–Crippen LogP) is 2.29. The van der Waals surface area contributed by atoms with Crippen LogP contribution in [0.4, 0.5) is 0 Å². The van der Waals surface area contributed by atoms with Gasteiger partial charge < -0.3 is 4.74 Å². The van der Waals surface area contributed by atoms with Gasteiger partial charge in [-0.2, -0.15) is 0 Å². The van der Waals surface area contributed by atoms with Crippen molar-refractivity contribution < 1.29 is 9.66 Å². The van der Waals surface area contributed by atoms with Crippen LogP contribution >= 0.6 is 0 Å². The summed E-state index contributed by atoms with van der Waals surface area (Å²) in [5.74, 6) is 0.741. The zero-order valence-corrected chi connectivity index (χ0v) is 8.97. The molecule has 4 nitrogen and oxygen atoms in total. The molecule has 0 radical (unpaired) electrons. The van der Waals surface area contributed by atoms with Gasteiger partial charge in [0, 0.05) is 17.8 Å². The molecule has 1 rings (SSSR count). The van der Waals surface area contributed by atoms with E-state index in [9.17, 15) is 10.1 Å². The molecule has 4 heteroatoms. The molecule has 0 saturated heterocycles. The van der Waals surface area contributed by atoms with Crippen LogP contribution in [0.1, 0.15) is 18.9 Å². The van der Waals surface area contributed by atoms with Crippen molar-refractivity contribution in [3.05, 3.63) is 39.9 Å². The van der Waals surface area contributed by atoms with Gasteiger partial charge in [-0.05, 0) is 17.7 Å². The lowest BCUT2D eigenvalue weighted by Gasteiger charge is -2.08. The summed E-state index contributed by atoms with van der Waals surface area (Å²) in [6.07, 6.45) is 1.00. The number of methoxy groups -OCH3 is 1. The summed E-state index contributed by atoms with van der Waals surface area (Å²) >= 11 is 0. The average Bonchev–Trinajstić information content (AvgIpc) is 2.25. The Bertz CT molecular complexity index is 338. The molecule has 0 heterocycles. The summed E-state index contributed by atoms with van der Waals surface area (Å²) in [5, 5.41) is 10.7. The third-order valence-electron chi connectivity index (χ3n) is 2.37. The summed E-state index contributed by atoms with van der Waals surface area (Å²) in [4.78, 5) is 10.4. The molecule has 1 aromatic rings. The van der Waals surface area contributed by atoms with Crippen LogP contribution in [0.25, 0.3) is 0 Å². The Morgan fingerprint density at radius 1 is 1.53 bits per heavy atom. The van der Waals surface area contributed by atoms with Crippen molar-refractivity contribution >= 4 is 0 Å². The number of benzene rings is 1. The molecule has 0 saturated carbocycles. The lowest BCUT2D eigenvalue weighted by Crippen LogP contribution is -2.20. The molecule has 1 unspecified atom stereocenters. The number of hydrogen-bond acceptors (Lipinski definition) is 3. The molecule has 0 aliphatic carbocycles. The van der Waals surface area contributed by atoms with E-state index in [0.717, 1.165) is 11.3 Å². The summed E-state index contributed by atoms with van der Waals surface area (Å²) in [6, 6.07) is 6.90. The van der Waals surface area contributed by atoms with Crippen molar-refractivity contribution in [2.24, 2.45) is 0 Å². The standard InChI is InChI=1S/C11H15NO3/c1-3-10(12(13)14)7-9-5-4-6-11(8-9)15-2/h4-6,8,10H,3,7H2,1-2H3. The molecule has 0 aromatic heterocycles. The first-order valence-corrected chi connectivity index (χ1v) is 4.93. The molecule has 0 aliphatic rings. The van der Waals surface area contributed by atoms with E-state index in [4.69, 9.17) is 4.74 Å². The molecule has 1 atom stereocenters. The molecular formula is C11H15NO3. The van der Waals surface area contributed by atoms with Crippen molar-refractivity contribution in [3.8, 4) is 5.75 Å². The third-order valence-corrected chi connectivity index (χ3v) is 2.37. The van der Waals surface area contributed by atoms with Gasteiger partial charge in [-0.25, -0.2) is 0 Å². The zero-order chi connectivity index (χ0) is 11.3. The second-order valence-electron chi connectivity index (χ2n) is 3.40. The van der Waals surface area contributed by atoms with Gasteiger partial charge >= 0.3 is 0 Å². The predicted molar refractivity (Wildman–Crippen MR) is 57.8 cm³/mol. The quantitative estimate of drug-likeness (QED) is 0.552. The topological polar surface area (TPSA) is 52.4 Å². The SMILES string of the molecule is CCC(Cc1cccc(OC)c1)[N+](=O)[O-]. The minimum absolute atomic E-state index is 0.223. The molecule has 0 N–H and O–H groups in total. The Labute approximate surface area is 89.0 Å². The Morgan fingerprint density at radius 3 is 2.80 bits per heavy atom. The van der Waals surface area contributed by atoms with Crippen LogP contribution in [-0.2, 0) is 6.42 Å². The van der Waals surface area contributed by atoms with Crippen molar-refractivity contribution in [2.75, 3.05) is 7.11 Å². The average molecular weight is 209 g/mol. The minimum Gasteiger partial charge on any atom is -0.497 e. The third kappa shape index (κ3) is 3.23. The molecule has 0 bridgehead atoms. The number of rotatable bonds is 5. The monoisotopic (exact) mass is 209 g/mol. The van der Waals surface area contributed by atoms with Crippen molar-refractivity contribution in [2.45, 2.75) is 25.8 Å². The van der Waals surface area contributed by atoms with Crippen molar-refractivity contribution in [1.29, 1.82) is 0 Å². The van der Waals surface area contributed by atoms with Gasteiger partial charge in [-0.15, -0.1) is 0 Å². The van der Waals surface area contributed by atoms with Crippen molar-refractivity contribution in [3.63, 3.8) is 0 Å². The summed E-state index contributed by atoms with van der Waals surface area (Å²) in [6.45, 7) is 1.83. The van der Waals surface area contributed by atoms with E-state index >= 15 is 0 Å². The largest absolute Gasteiger partial charge is 0.497 e. The fraction of sp³-hybridized carbons (Fsp3) is 0.455. The van der Waals surface area contributed by atoms with E-state index in [2.05, 4.69) is 0 Å². The van der Waals surface area contributed by atoms with Crippen LogP contribution in [0.2, 0.25) is 0 Å². The highest BCUT2D eigenvalue weighted by Gasteiger charge is 2.17. The van der Waals surface area contributed by atoms with Gasteiger partial charge in [0.05, 0.1) is 7.11 Å². The zero-order valence-electron chi connectivity index (χ0n) is 8.97. The van der Waals surface area contributed by atoms with E-state index < -0.39 is 6.04 Å². The molecule has 0 spiro atoms. The highest BCUT2D eigenvalue weighted by Crippen LogP contribution is 2.15. The van der Waals surface area contributed by atoms with Gasteiger partial charge in [-0.1, -0.05) is 19.1 Å². The smallest absolute Gasteiger partial charge is 0.216 e.